The lowest BCUT2D eigenvalue weighted by Gasteiger charge is -2.61. The van der Waals surface area contributed by atoms with Crippen molar-refractivity contribution in [2.45, 2.75) is 90.7 Å². The van der Waals surface area contributed by atoms with Gasteiger partial charge in [-0.05, 0) is 61.2 Å². The quantitative estimate of drug-likeness (QED) is 0.341. The number of carbonyl (C=O) groups excluding carboxylic acids is 2. The van der Waals surface area contributed by atoms with Crippen LogP contribution in [0.25, 0.3) is 0 Å². The van der Waals surface area contributed by atoms with E-state index in [0.717, 1.165) is 5.56 Å². The summed E-state index contributed by atoms with van der Waals surface area (Å²) in [6, 6.07) is 9.57. The molecule has 1 aromatic rings. The van der Waals surface area contributed by atoms with E-state index in [1.54, 1.807) is 13.8 Å². The third kappa shape index (κ3) is 4.11. The predicted octanol–water partition coefficient (Wildman–Crippen LogP) is 6.22. The monoisotopic (exact) mass is 560 g/mol. The Morgan fingerprint density at radius 2 is 1.90 bits per heavy atom. The molecule has 0 radical (unpaired) electrons. The summed E-state index contributed by atoms with van der Waals surface area (Å²) in [6.45, 7) is 7.69. The van der Waals surface area contributed by atoms with Crippen molar-refractivity contribution in [2.24, 2.45) is 34.5 Å². The Morgan fingerprint density at radius 1 is 1.21 bits per heavy atom. The van der Waals surface area contributed by atoms with Crippen LogP contribution in [0, 0.1) is 34.5 Å². The number of aliphatic hydroxyl groups excluding tert-OH is 1. The van der Waals surface area contributed by atoms with Crippen molar-refractivity contribution in [3.63, 3.8) is 0 Å². The molecule has 9 atom stereocenters. The number of allylic oxidation sites excluding steroid dienone is 1. The summed E-state index contributed by atoms with van der Waals surface area (Å²) in [5, 5.41) is 12.0. The second-order valence-corrected chi connectivity index (χ2v) is 12.9. The molecule has 3 saturated carbocycles. The number of carbonyl (C=O) groups is 2. The fourth-order valence-electron chi connectivity index (χ4n) is 8.89. The third-order valence-electron chi connectivity index (χ3n) is 10.6. The van der Waals surface area contributed by atoms with Crippen LogP contribution in [-0.2, 0) is 25.7 Å². The first-order valence-corrected chi connectivity index (χ1v) is 14.5. The molecule has 39 heavy (non-hydrogen) atoms. The van der Waals surface area contributed by atoms with Gasteiger partial charge in [0, 0.05) is 35.2 Å². The molecule has 4 aliphatic carbocycles. The van der Waals surface area contributed by atoms with E-state index >= 15 is 8.78 Å². The van der Waals surface area contributed by atoms with E-state index in [-0.39, 0.29) is 60.7 Å². The molecule has 0 spiro atoms. The minimum absolute atomic E-state index is 0.00227. The molecule has 0 heterocycles. The van der Waals surface area contributed by atoms with E-state index in [0.29, 0.717) is 12.8 Å². The minimum Gasteiger partial charge on any atom is -0.479 e. The molecule has 4 aliphatic rings. The number of ketones is 1. The first kappa shape index (κ1) is 28.3. The number of halogens is 2. The largest absolute Gasteiger partial charge is 0.479 e. The molecule has 0 saturated heterocycles. The van der Waals surface area contributed by atoms with Crippen molar-refractivity contribution < 1.29 is 33.0 Å². The Kier molecular flexibility index (Phi) is 7.28. The molecule has 0 bridgehead atoms. The summed E-state index contributed by atoms with van der Waals surface area (Å²) in [6.07, 6.45) is -1.23. The lowest BCUT2D eigenvalue weighted by atomic mass is 9.45. The fourth-order valence-corrected chi connectivity index (χ4v) is 9.43. The molecule has 0 aliphatic heterocycles. The Hall–Kier alpha value is -2.19. The molecule has 212 valence electrons. The van der Waals surface area contributed by atoms with E-state index < -0.39 is 52.2 Å². The van der Waals surface area contributed by atoms with Gasteiger partial charge in [0.15, 0.2) is 17.2 Å². The van der Waals surface area contributed by atoms with E-state index in [2.05, 4.69) is 0 Å². The zero-order chi connectivity index (χ0) is 28.3. The van der Waals surface area contributed by atoms with Gasteiger partial charge in [-0.2, -0.15) is 0 Å². The lowest BCUT2D eigenvalue weighted by Crippen LogP contribution is -2.64. The second-order valence-electron chi connectivity index (χ2n) is 12.5. The Balaban J connectivity index is 1.55. The molecule has 5 nitrogen and oxygen atoms in total. The van der Waals surface area contributed by atoms with E-state index in [1.807, 2.05) is 44.2 Å². The average molecular weight is 561 g/mol. The van der Waals surface area contributed by atoms with Crippen LogP contribution in [-0.4, -0.2) is 39.8 Å². The summed E-state index contributed by atoms with van der Waals surface area (Å²) in [5.41, 5.74) is -2.23. The van der Waals surface area contributed by atoms with Crippen LogP contribution in [0.4, 0.5) is 8.78 Å². The number of hydrogen-bond acceptors (Lipinski definition) is 6. The van der Waals surface area contributed by atoms with Gasteiger partial charge in [-0.25, -0.2) is 8.78 Å². The number of ether oxygens (including phenoxy) is 2. The Morgan fingerprint density at radius 3 is 2.56 bits per heavy atom. The van der Waals surface area contributed by atoms with Gasteiger partial charge in [-0.1, -0.05) is 58.0 Å². The number of benzene rings is 1. The topological polar surface area (TPSA) is 72.8 Å². The van der Waals surface area contributed by atoms with Crippen LogP contribution in [0.2, 0.25) is 0 Å². The Labute approximate surface area is 234 Å². The summed E-state index contributed by atoms with van der Waals surface area (Å²) in [7, 11) is 0. The molecule has 0 unspecified atom stereocenters. The van der Waals surface area contributed by atoms with Crippen LogP contribution in [0.1, 0.15) is 71.8 Å². The van der Waals surface area contributed by atoms with Gasteiger partial charge < -0.3 is 14.6 Å². The number of aliphatic hydroxyl groups is 1. The molecule has 0 aromatic heterocycles. The highest BCUT2D eigenvalue weighted by molar-refractivity contribution is 7.80. The molecule has 1 aromatic carbocycles. The third-order valence-corrected chi connectivity index (χ3v) is 11.0. The number of thiocarbonyl (C=S) groups is 1. The summed E-state index contributed by atoms with van der Waals surface area (Å²) in [5.74, 6) is -3.14. The maximum Gasteiger partial charge on any atom is 0.306 e. The minimum atomic E-state index is -1.61. The van der Waals surface area contributed by atoms with Crippen molar-refractivity contribution in [1.82, 2.24) is 0 Å². The molecular weight excluding hydrogens is 522 g/mol. The summed E-state index contributed by atoms with van der Waals surface area (Å²) in [4.78, 5) is 25.1. The lowest BCUT2D eigenvalue weighted by molar-refractivity contribution is -0.191. The molecule has 1 N–H and O–H groups in total. The summed E-state index contributed by atoms with van der Waals surface area (Å²) < 4.78 is 43.3. The molecule has 8 heteroatoms. The van der Waals surface area contributed by atoms with Crippen molar-refractivity contribution in [3.8, 4) is 0 Å². The SMILES string of the molecule is CCC(=O)O[C@]1(C(=S)OCc2ccccc2)[C@H](C)C[C@H]2[C@@H]3C[C@H](F)C4=C(F)C(=O)CC[C@]4(C)[C@H]3[C@@H](O)C[C@@]21C. The highest BCUT2D eigenvalue weighted by Crippen LogP contribution is 2.70. The highest BCUT2D eigenvalue weighted by atomic mass is 32.1. The molecule has 5 rings (SSSR count). The van der Waals surface area contributed by atoms with Crippen LogP contribution < -0.4 is 0 Å². The van der Waals surface area contributed by atoms with Gasteiger partial charge in [-0.3, -0.25) is 9.59 Å². The number of esters is 1. The van der Waals surface area contributed by atoms with Crippen molar-refractivity contribution in [2.75, 3.05) is 0 Å². The number of fused-ring (bicyclic) bond motifs is 5. The molecule has 3 fully saturated rings. The van der Waals surface area contributed by atoms with Crippen LogP contribution in [0.5, 0.6) is 0 Å². The van der Waals surface area contributed by atoms with Crippen molar-refractivity contribution in [3.05, 3.63) is 47.3 Å². The summed E-state index contributed by atoms with van der Waals surface area (Å²) >= 11 is 5.91. The molecule has 0 amide bonds. The van der Waals surface area contributed by atoms with E-state index in [4.69, 9.17) is 21.7 Å². The molecular formula is C31H38F2O5S. The van der Waals surface area contributed by atoms with Gasteiger partial charge >= 0.3 is 5.97 Å². The Bertz CT molecular complexity index is 1200. The maximum atomic E-state index is 15.8. The fraction of sp³-hybridized carbons (Fsp3) is 0.645. The smallest absolute Gasteiger partial charge is 0.306 e. The van der Waals surface area contributed by atoms with E-state index in [9.17, 15) is 14.7 Å². The van der Waals surface area contributed by atoms with Crippen molar-refractivity contribution >= 4 is 29.0 Å². The number of Topliss-reactive ketones (excluding diaryl/α,β-unsaturated/α-hetero) is 1. The average Bonchev–Trinajstić information content (AvgIpc) is 3.12. The van der Waals surface area contributed by atoms with Crippen LogP contribution in [0.3, 0.4) is 0 Å². The number of alkyl halides is 1. The zero-order valence-corrected chi connectivity index (χ0v) is 23.9. The predicted molar refractivity (Wildman–Crippen MR) is 146 cm³/mol. The van der Waals surface area contributed by atoms with Crippen LogP contribution in [0.15, 0.2) is 41.7 Å². The normalized spacial score (nSPS) is 41.4. The van der Waals surface area contributed by atoms with Crippen molar-refractivity contribution in [1.29, 1.82) is 0 Å². The van der Waals surface area contributed by atoms with Crippen LogP contribution >= 0.6 is 12.2 Å². The van der Waals surface area contributed by atoms with Gasteiger partial charge in [0.25, 0.3) is 0 Å². The van der Waals surface area contributed by atoms with E-state index in [1.165, 1.54) is 0 Å². The van der Waals surface area contributed by atoms with Gasteiger partial charge in [0.05, 0.1) is 6.10 Å². The van der Waals surface area contributed by atoms with Gasteiger partial charge in [-0.15, -0.1) is 0 Å². The maximum absolute atomic E-state index is 15.8. The zero-order valence-electron chi connectivity index (χ0n) is 23.0. The highest BCUT2D eigenvalue weighted by Gasteiger charge is 2.73. The standard InChI is InChI=1S/C31H38F2O5S/c1-5-24(36)38-31(28(39)37-16-18-9-7-6-8-10-18)17(2)13-20-19-14-21(32)26-27(33)22(34)11-12-29(26,3)25(19)23(35)15-30(20,31)4/h6-10,17,19-21,23,25,35H,5,11-16H2,1-4H3/t17-,19+,20+,21+,23+,25-,29-,30+,31+/m1/s1. The first-order valence-electron chi connectivity index (χ1n) is 14.1. The van der Waals surface area contributed by atoms with Gasteiger partial charge in [0.2, 0.25) is 5.05 Å². The number of rotatable bonds is 5. The van der Waals surface area contributed by atoms with Gasteiger partial charge in [0.1, 0.15) is 12.8 Å². The number of hydrogen-bond donors (Lipinski definition) is 1. The second kappa shape index (κ2) is 10.0. The first-order chi connectivity index (χ1) is 18.4.